The molecule has 0 bridgehead atoms. The zero-order chi connectivity index (χ0) is 14.4. The van der Waals surface area contributed by atoms with Gasteiger partial charge in [-0.05, 0) is 48.2 Å². The van der Waals surface area contributed by atoms with Crippen molar-refractivity contribution < 1.29 is 0 Å². The minimum atomic E-state index is 0.684. The number of halogens is 2. The van der Waals surface area contributed by atoms with E-state index in [2.05, 4.69) is 36.5 Å². The molecule has 106 valence electrons. The summed E-state index contributed by atoms with van der Waals surface area (Å²) in [5.74, 6) is 0. The molecule has 2 aromatic rings. The maximum Gasteiger partial charge on any atom is 0.0453 e. The molecule has 0 spiro atoms. The van der Waals surface area contributed by atoms with E-state index in [1.165, 1.54) is 11.1 Å². The lowest BCUT2D eigenvalue weighted by atomic mass is 10.1. The maximum absolute atomic E-state index is 6.16. The van der Waals surface area contributed by atoms with Crippen molar-refractivity contribution in [2.24, 2.45) is 0 Å². The molecule has 0 saturated heterocycles. The van der Waals surface area contributed by atoms with E-state index in [9.17, 15) is 0 Å². The second-order valence-corrected chi connectivity index (χ2v) is 5.63. The summed E-state index contributed by atoms with van der Waals surface area (Å²) in [4.78, 5) is 0. The number of rotatable bonds is 6. The van der Waals surface area contributed by atoms with Crippen LogP contribution in [0.5, 0.6) is 0 Å². The third-order valence-electron chi connectivity index (χ3n) is 3.40. The van der Waals surface area contributed by atoms with E-state index in [4.69, 9.17) is 23.2 Å². The van der Waals surface area contributed by atoms with Crippen LogP contribution in [0.4, 0.5) is 0 Å². The summed E-state index contributed by atoms with van der Waals surface area (Å²) in [6.45, 7) is 3.99. The van der Waals surface area contributed by atoms with Crippen LogP contribution in [-0.4, -0.2) is 6.54 Å². The van der Waals surface area contributed by atoms with Crippen LogP contribution in [-0.2, 0) is 19.4 Å². The van der Waals surface area contributed by atoms with Crippen molar-refractivity contribution in [3.63, 3.8) is 0 Å². The Morgan fingerprint density at radius 1 is 0.950 bits per heavy atom. The first kappa shape index (κ1) is 15.4. The molecule has 2 rings (SSSR count). The summed E-state index contributed by atoms with van der Waals surface area (Å²) < 4.78 is 0. The van der Waals surface area contributed by atoms with Gasteiger partial charge in [0, 0.05) is 16.6 Å². The molecule has 0 unspecified atom stereocenters. The van der Waals surface area contributed by atoms with Crippen LogP contribution < -0.4 is 5.32 Å². The SMILES string of the molecule is CCc1ccccc1CNCCc1ccc(Cl)cc1Cl. The molecular weight excluding hydrogens is 289 g/mol. The first-order chi connectivity index (χ1) is 9.70. The number of hydrogen-bond donors (Lipinski definition) is 1. The molecule has 3 heteroatoms. The highest BCUT2D eigenvalue weighted by Crippen LogP contribution is 2.21. The third kappa shape index (κ3) is 4.24. The van der Waals surface area contributed by atoms with Crippen molar-refractivity contribution in [2.45, 2.75) is 26.3 Å². The molecule has 0 aromatic heterocycles. The molecule has 0 radical (unpaired) electrons. The van der Waals surface area contributed by atoms with Crippen molar-refractivity contribution in [3.05, 3.63) is 69.2 Å². The summed E-state index contributed by atoms with van der Waals surface area (Å²) in [5.41, 5.74) is 3.91. The maximum atomic E-state index is 6.16. The third-order valence-corrected chi connectivity index (χ3v) is 3.99. The minimum absolute atomic E-state index is 0.684. The number of aryl methyl sites for hydroxylation is 1. The Hall–Kier alpha value is -1.02. The highest BCUT2D eigenvalue weighted by atomic mass is 35.5. The summed E-state index contributed by atoms with van der Waals surface area (Å²) in [6, 6.07) is 14.2. The zero-order valence-corrected chi connectivity index (χ0v) is 13.1. The first-order valence-corrected chi connectivity index (χ1v) is 7.67. The van der Waals surface area contributed by atoms with Gasteiger partial charge in [0.25, 0.3) is 0 Å². The van der Waals surface area contributed by atoms with E-state index in [0.29, 0.717) is 5.02 Å². The van der Waals surface area contributed by atoms with Gasteiger partial charge in [0.2, 0.25) is 0 Å². The normalized spacial score (nSPS) is 10.8. The molecule has 1 nitrogen and oxygen atoms in total. The van der Waals surface area contributed by atoms with Gasteiger partial charge in [0.1, 0.15) is 0 Å². The Balaban J connectivity index is 1.84. The number of hydrogen-bond acceptors (Lipinski definition) is 1. The van der Waals surface area contributed by atoms with Gasteiger partial charge in [-0.3, -0.25) is 0 Å². The largest absolute Gasteiger partial charge is 0.312 e. The molecule has 0 aliphatic heterocycles. The highest BCUT2D eigenvalue weighted by Gasteiger charge is 2.02. The molecule has 1 N–H and O–H groups in total. The van der Waals surface area contributed by atoms with Gasteiger partial charge in [-0.1, -0.05) is 60.5 Å². The molecule has 0 fully saturated rings. The highest BCUT2D eigenvalue weighted by molar-refractivity contribution is 6.35. The van der Waals surface area contributed by atoms with Crippen LogP contribution >= 0.6 is 23.2 Å². The molecule has 0 aliphatic carbocycles. The second-order valence-electron chi connectivity index (χ2n) is 4.78. The van der Waals surface area contributed by atoms with Gasteiger partial charge in [-0.2, -0.15) is 0 Å². The molecule has 0 atom stereocenters. The number of benzene rings is 2. The smallest absolute Gasteiger partial charge is 0.0453 e. The van der Waals surface area contributed by atoms with E-state index in [-0.39, 0.29) is 0 Å². The van der Waals surface area contributed by atoms with Gasteiger partial charge in [-0.25, -0.2) is 0 Å². The van der Waals surface area contributed by atoms with Crippen molar-refractivity contribution in [1.82, 2.24) is 5.32 Å². The van der Waals surface area contributed by atoms with E-state index < -0.39 is 0 Å². The summed E-state index contributed by atoms with van der Waals surface area (Å²) in [6.07, 6.45) is 1.98. The first-order valence-electron chi connectivity index (χ1n) is 6.92. The Bertz CT molecular complexity index is 567. The predicted molar refractivity (Wildman–Crippen MR) is 87.7 cm³/mol. The van der Waals surface area contributed by atoms with Crippen LogP contribution in [0.3, 0.4) is 0 Å². The average Bonchev–Trinajstić information content (AvgIpc) is 2.46. The molecule has 20 heavy (non-hydrogen) atoms. The van der Waals surface area contributed by atoms with Crippen LogP contribution in [0.25, 0.3) is 0 Å². The molecule has 0 amide bonds. The summed E-state index contributed by atoms with van der Waals surface area (Å²) in [7, 11) is 0. The van der Waals surface area contributed by atoms with Gasteiger partial charge < -0.3 is 5.32 Å². The van der Waals surface area contributed by atoms with Crippen molar-refractivity contribution in [2.75, 3.05) is 6.54 Å². The van der Waals surface area contributed by atoms with Gasteiger partial charge in [0.05, 0.1) is 0 Å². The Morgan fingerprint density at radius 3 is 2.40 bits per heavy atom. The Kier molecular flexibility index (Phi) is 5.90. The standard InChI is InChI=1S/C17H19Cl2N/c1-2-13-5-3-4-6-15(13)12-20-10-9-14-7-8-16(18)11-17(14)19/h3-8,11,20H,2,9-10,12H2,1H3. The van der Waals surface area contributed by atoms with Crippen molar-refractivity contribution in [1.29, 1.82) is 0 Å². The van der Waals surface area contributed by atoms with Gasteiger partial charge in [0.15, 0.2) is 0 Å². The van der Waals surface area contributed by atoms with Gasteiger partial charge >= 0.3 is 0 Å². The molecular formula is C17H19Cl2N. The van der Waals surface area contributed by atoms with E-state index in [1.54, 1.807) is 6.07 Å². The molecule has 2 aromatic carbocycles. The lowest BCUT2D eigenvalue weighted by Crippen LogP contribution is -2.17. The van der Waals surface area contributed by atoms with Crippen LogP contribution in [0.2, 0.25) is 10.0 Å². The fraction of sp³-hybridized carbons (Fsp3) is 0.294. The Morgan fingerprint density at radius 2 is 1.70 bits per heavy atom. The Labute approximate surface area is 130 Å². The van der Waals surface area contributed by atoms with Crippen LogP contribution in [0.15, 0.2) is 42.5 Å². The monoisotopic (exact) mass is 307 g/mol. The van der Waals surface area contributed by atoms with Crippen molar-refractivity contribution in [3.8, 4) is 0 Å². The quantitative estimate of drug-likeness (QED) is 0.749. The summed E-state index contributed by atoms with van der Waals surface area (Å²) in [5, 5.41) is 4.90. The van der Waals surface area contributed by atoms with Crippen LogP contribution in [0, 0.1) is 0 Å². The fourth-order valence-corrected chi connectivity index (χ4v) is 2.75. The molecule has 0 aliphatic rings. The van der Waals surface area contributed by atoms with E-state index >= 15 is 0 Å². The lowest BCUT2D eigenvalue weighted by molar-refractivity contribution is 0.682. The molecule has 0 saturated carbocycles. The van der Waals surface area contributed by atoms with E-state index in [0.717, 1.165) is 36.5 Å². The zero-order valence-electron chi connectivity index (χ0n) is 11.6. The number of nitrogens with one attached hydrogen (secondary N) is 1. The molecule has 0 heterocycles. The predicted octanol–water partition coefficient (Wildman–Crippen LogP) is 4.89. The van der Waals surface area contributed by atoms with E-state index in [1.807, 2.05) is 12.1 Å². The topological polar surface area (TPSA) is 12.0 Å². The second kappa shape index (κ2) is 7.68. The fourth-order valence-electron chi connectivity index (χ4n) is 2.25. The van der Waals surface area contributed by atoms with Crippen molar-refractivity contribution >= 4 is 23.2 Å². The average molecular weight is 308 g/mol. The summed E-state index contributed by atoms with van der Waals surface area (Å²) >= 11 is 12.1. The van der Waals surface area contributed by atoms with Crippen LogP contribution in [0.1, 0.15) is 23.6 Å². The minimum Gasteiger partial charge on any atom is -0.312 e. The lowest BCUT2D eigenvalue weighted by Gasteiger charge is -2.10. The van der Waals surface area contributed by atoms with Gasteiger partial charge in [-0.15, -0.1) is 0 Å².